The molecule has 0 spiro atoms. The average Bonchev–Trinajstić information content (AvgIpc) is 2.19. The lowest BCUT2D eigenvalue weighted by atomic mass is 10.4. The van der Waals surface area contributed by atoms with Gasteiger partial charge in [0.1, 0.15) is 11.0 Å². The van der Waals surface area contributed by atoms with Crippen molar-refractivity contribution >= 4 is 17.4 Å². The summed E-state index contributed by atoms with van der Waals surface area (Å²) in [6.45, 7) is 3.27. The largest absolute Gasteiger partial charge is 0.378 e. The SMILES string of the molecule is Clc1c[c]cc(N2CCOCC2)n1. The van der Waals surface area contributed by atoms with Crippen molar-refractivity contribution in [2.75, 3.05) is 31.2 Å². The number of morpholine rings is 1. The van der Waals surface area contributed by atoms with Crippen LogP contribution in [0, 0.1) is 6.07 Å². The first-order valence-corrected chi connectivity index (χ1v) is 4.60. The average molecular weight is 198 g/mol. The van der Waals surface area contributed by atoms with Gasteiger partial charge in [-0.2, -0.15) is 0 Å². The van der Waals surface area contributed by atoms with Crippen LogP contribution >= 0.6 is 11.6 Å². The Morgan fingerprint density at radius 3 is 2.85 bits per heavy atom. The number of rotatable bonds is 1. The minimum atomic E-state index is 0.490. The van der Waals surface area contributed by atoms with E-state index in [9.17, 15) is 0 Å². The number of ether oxygens (including phenoxy) is 1. The van der Waals surface area contributed by atoms with E-state index in [-0.39, 0.29) is 0 Å². The smallest absolute Gasteiger partial charge is 0.132 e. The van der Waals surface area contributed by atoms with E-state index in [1.165, 1.54) is 0 Å². The molecule has 1 aliphatic rings. The molecule has 3 nitrogen and oxygen atoms in total. The second kappa shape index (κ2) is 3.94. The zero-order valence-electron chi connectivity index (χ0n) is 7.16. The molecule has 69 valence electrons. The lowest BCUT2D eigenvalue weighted by Crippen LogP contribution is -2.36. The maximum atomic E-state index is 5.76. The van der Waals surface area contributed by atoms with Gasteiger partial charge in [-0.3, -0.25) is 0 Å². The van der Waals surface area contributed by atoms with Crippen LogP contribution in [-0.2, 0) is 4.74 Å². The molecule has 0 saturated carbocycles. The summed E-state index contributed by atoms with van der Waals surface area (Å²) in [7, 11) is 0. The van der Waals surface area contributed by atoms with Gasteiger partial charge in [0.2, 0.25) is 0 Å². The van der Waals surface area contributed by atoms with Crippen LogP contribution in [0.5, 0.6) is 0 Å². The molecule has 0 bridgehead atoms. The number of hydrogen-bond acceptors (Lipinski definition) is 3. The van der Waals surface area contributed by atoms with Crippen molar-refractivity contribution in [3.05, 3.63) is 23.4 Å². The molecule has 0 unspecified atom stereocenters. The summed E-state index contributed by atoms with van der Waals surface area (Å²) in [6, 6.07) is 6.45. The fourth-order valence-corrected chi connectivity index (χ4v) is 1.46. The van der Waals surface area contributed by atoms with Gasteiger partial charge in [-0.15, -0.1) is 0 Å². The predicted molar refractivity (Wildman–Crippen MR) is 51.1 cm³/mol. The highest BCUT2D eigenvalue weighted by molar-refractivity contribution is 6.29. The highest BCUT2D eigenvalue weighted by atomic mass is 35.5. The normalized spacial score (nSPS) is 17.5. The second-order valence-corrected chi connectivity index (χ2v) is 3.23. The maximum Gasteiger partial charge on any atom is 0.132 e. The summed E-state index contributed by atoms with van der Waals surface area (Å²) in [4.78, 5) is 6.35. The van der Waals surface area contributed by atoms with E-state index in [1.807, 2.05) is 6.07 Å². The summed E-state index contributed by atoms with van der Waals surface area (Å²) >= 11 is 5.76. The van der Waals surface area contributed by atoms with E-state index < -0.39 is 0 Å². The minimum Gasteiger partial charge on any atom is -0.378 e. The molecule has 4 heteroatoms. The summed E-state index contributed by atoms with van der Waals surface area (Å²) in [5, 5.41) is 0.490. The van der Waals surface area contributed by atoms with Crippen LogP contribution < -0.4 is 4.90 Å². The van der Waals surface area contributed by atoms with Crippen LogP contribution in [0.15, 0.2) is 12.1 Å². The third-order valence-corrected chi connectivity index (χ3v) is 2.16. The lowest BCUT2D eigenvalue weighted by molar-refractivity contribution is 0.122. The maximum absolute atomic E-state index is 5.76. The fraction of sp³-hybridized carbons (Fsp3) is 0.444. The Kier molecular flexibility index (Phi) is 2.66. The summed E-state index contributed by atoms with van der Waals surface area (Å²) < 4.78 is 5.24. The molecule has 1 fully saturated rings. The molecule has 2 rings (SSSR count). The van der Waals surface area contributed by atoms with Gasteiger partial charge in [-0.1, -0.05) is 11.6 Å². The molecule has 1 aromatic heterocycles. The number of anilines is 1. The van der Waals surface area contributed by atoms with Gasteiger partial charge < -0.3 is 9.64 Å². The van der Waals surface area contributed by atoms with Gasteiger partial charge in [0.25, 0.3) is 0 Å². The van der Waals surface area contributed by atoms with Crippen LogP contribution in [0.1, 0.15) is 0 Å². The molecule has 13 heavy (non-hydrogen) atoms. The van der Waals surface area contributed by atoms with E-state index in [4.69, 9.17) is 16.3 Å². The van der Waals surface area contributed by atoms with E-state index >= 15 is 0 Å². The number of nitrogens with zero attached hydrogens (tertiary/aromatic N) is 2. The van der Waals surface area contributed by atoms with Crippen molar-refractivity contribution in [1.29, 1.82) is 0 Å². The first-order chi connectivity index (χ1) is 6.36. The van der Waals surface area contributed by atoms with Crippen LogP contribution in [0.4, 0.5) is 5.82 Å². The van der Waals surface area contributed by atoms with E-state index in [1.54, 1.807) is 6.07 Å². The fourth-order valence-electron chi connectivity index (χ4n) is 1.31. The van der Waals surface area contributed by atoms with Gasteiger partial charge in [-0.25, -0.2) is 4.98 Å². The minimum absolute atomic E-state index is 0.490. The van der Waals surface area contributed by atoms with E-state index in [0.717, 1.165) is 32.1 Å². The Balaban J connectivity index is 2.14. The standard InChI is InChI=1S/C9H10ClN2O/c10-8-2-1-3-9(11-8)12-4-6-13-7-5-12/h2-3H,4-7H2. The van der Waals surface area contributed by atoms with Crippen molar-refractivity contribution < 1.29 is 4.74 Å². The van der Waals surface area contributed by atoms with E-state index in [0.29, 0.717) is 5.15 Å². The molecule has 1 saturated heterocycles. The molecule has 0 aromatic carbocycles. The number of aromatic nitrogens is 1. The third-order valence-electron chi connectivity index (χ3n) is 1.97. The topological polar surface area (TPSA) is 25.4 Å². The van der Waals surface area contributed by atoms with Crippen molar-refractivity contribution in [2.24, 2.45) is 0 Å². The van der Waals surface area contributed by atoms with Gasteiger partial charge >= 0.3 is 0 Å². The second-order valence-electron chi connectivity index (χ2n) is 2.85. The molecule has 0 atom stereocenters. The number of pyridine rings is 1. The Bertz CT molecular complexity index is 287. The Labute approximate surface area is 82.3 Å². The molecule has 0 aliphatic carbocycles. The first kappa shape index (κ1) is 8.78. The molecular formula is C9H10ClN2O. The van der Waals surface area contributed by atoms with Crippen LogP contribution in [0.2, 0.25) is 5.15 Å². The Morgan fingerprint density at radius 1 is 1.38 bits per heavy atom. The molecule has 1 aromatic rings. The zero-order chi connectivity index (χ0) is 9.10. The highest BCUT2D eigenvalue weighted by Gasteiger charge is 2.11. The predicted octanol–water partition coefficient (Wildman–Crippen LogP) is 1.37. The van der Waals surface area contributed by atoms with Crippen molar-refractivity contribution in [3.63, 3.8) is 0 Å². The van der Waals surface area contributed by atoms with Crippen molar-refractivity contribution in [2.45, 2.75) is 0 Å². The van der Waals surface area contributed by atoms with Gasteiger partial charge in [-0.05, 0) is 18.2 Å². The van der Waals surface area contributed by atoms with Gasteiger partial charge in [0.05, 0.1) is 13.2 Å². The van der Waals surface area contributed by atoms with Crippen molar-refractivity contribution in [3.8, 4) is 0 Å². The van der Waals surface area contributed by atoms with Crippen LogP contribution in [0.3, 0.4) is 0 Å². The Hall–Kier alpha value is -0.800. The number of hydrogen-bond donors (Lipinski definition) is 0. The molecule has 0 N–H and O–H groups in total. The Morgan fingerprint density at radius 2 is 2.15 bits per heavy atom. The first-order valence-electron chi connectivity index (χ1n) is 4.22. The molecule has 2 heterocycles. The summed E-state index contributed by atoms with van der Waals surface area (Å²) in [6.07, 6.45) is 0. The monoisotopic (exact) mass is 197 g/mol. The lowest BCUT2D eigenvalue weighted by Gasteiger charge is -2.27. The van der Waals surface area contributed by atoms with Crippen LogP contribution in [-0.4, -0.2) is 31.3 Å². The van der Waals surface area contributed by atoms with Crippen LogP contribution in [0.25, 0.3) is 0 Å². The van der Waals surface area contributed by atoms with Gasteiger partial charge in [0, 0.05) is 13.1 Å². The summed E-state index contributed by atoms with van der Waals surface area (Å²) in [5.41, 5.74) is 0. The molecule has 0 amide bonds. The van der Waals surface area contributed by atoms with Crippen molar-refractivity contribution in [1.82, 2.24) is 4.98 Å². The highest BCUT2D eigenvalue weighted by Crippen LogP contribution is 2.14. The number of halogens is 1. The van der Waals surface area contributed by atoms with Gasteiger partial charge in [0.15, 0.2) is 0 Å². The summed E-state index contributed by atoms with van der Waals surface area (Å²) in [5.74, 6) is 0.885. The quantitative estimate of drug-likeness (QED) is 0.636. The zero-order valence-corrected chi connectivity index (χ0v) is 7.92. The van der Waals surface area contributed by atoms with E-state index in [2.05, 4.69) is 16.0 Å². The third kappa shape index (κ3) is 2.11. The molecule has 1 radical (unpaired) electrons. The molecule has 1 aliphatic heterocycles. The molecular weight excluding hydrogens is 188 g/mol.